The van der Waals surface area contributed by atoms with Crippen molar-refractivity contribution < 1.29 is 9.90 Å². The highest BCUT2D eigenvalue weighted by Crippen LogP contribution is 2.50. The van der Waals surface area contributed by atoms with Crippen molar-refractivity contribution in [3.63, 3.8) is 0 Å². The molecule has 0 atom stereocenters. The largest absolute Gasteiger partial charge is 0.481 e. The predicted molar refractivity (Wildman–Crippen MR) is 115 cm³/mol. The van der Waals surface area contributed by atoms with Gasteiger partial charge in [-0.1, -0.05) is 39.7 Å². The third-order valence-corrected chi connectivity index (χ3v) is 6.56. The summed E-state index contributed by atoms with van der Waals surface area (Å²) in [5.41, 5.74) is 7.44. The summed E-state index contributed by atoms with van der Waals surface area (Å²) < 4.78 is 0. The number of carboxylic acids is 1. The molecule has 1 N–H and O–H groups in total. The van der Waals surface area contributed by atoms with Crippen LogP contribution in [0, 0.1) is 31.6 Å². The second-order valence-corrected chi connectivity index (χ2v) is 10.2. The molecule has 0 bridgehead atoms. The summed E-state index contributed by atoms with van der Waals surface area (Å²) in [6.45, 7) is 13.7. The van der Waals surface area contributed by atoms with Gasteiger partial charge in [0.1, 0.15) is 0 Å². The Bertz CT molecular complexity index is 660. The van der Waals surface area contributed by atoms with E-state index in [1.807, 2.05) is 0 Å². The summed E-state index contributed by atoms with van der Waals surface area (Å²) in [7, 11) is 0. The topological polar surface area (TPSA) is 37.3 Å². The van der Waals surface area contributed by atoms with Crippen LogP contribution in [-0.2, 0) is 17.6 Å². The standard InChI is InChI=1S/C25H40O2/c1-18-17-19(2)21(11-7-9-13-24(4,5)6)22(20(18)3)12-8-10-14-25(15-16-25)23(26)27/h17H,7-16H2,1-6H3,(H,26,27). The molecular formula is C25H40O2. The molecule has 0 saturated heterocycles. The fourth-order valence-electron chi connectivity index (χ4n) is 4.35. The number of carboxylic acid groups (broad SMARTS) is 1. The van der Waals surface area contributed by atoms with E-state index in [0.717, 1.165) is 38.5 Å². The Labute approximate surface area is 166 Å². The molecule has 2 heteroatoms. The average molecular weight is 373 g/mol. The number of aryl methyl sites for hydroxylation is 2. The van der Waals surface area contributed by atoms with Crippen molar-refractivity contribution in [2.45, 2.75) is 106 Å². The first-order valence-corrected chi connectivity index (χ1v) is 10.9. The molecular weight excluding hydrogens is 332 g/mol. The molecule has 2 nitrogen and oxygen atoms in total. The Morgan fingerprint density at radius 2 is 1.56 bits per heavy atom. The highest BCUT2D eigenvalue weighted by Gasteiger charge is 2.49. The molecule has 0 aliphatic heterocycles. The van der Waals surface area contributed by atoms with Crippen LogP contribution in [-0.4, -0.2) is 11.1 Å². The molecule has 0 amide bonds. The molecule has 0 unspecified atom stereocenters. The van der Waals surface area contributed by atoms with Crippen molar-refractivity contribution in [2.75, 3.05) is 0 Å². The second kappa shape index (κ2) is 8.80. The van der Waals surface area contributed by atoms with Gasteiger partial charge in [0, 0.05) is 0 Å². The molecule has 0 heterocycles. The SMILES string of the molecule is Cc1cc(C)c(CCCCC(C)(C)C)c(CCCCC2(C(=O)O)CC2)c1C. The van der Waals surface area contributed by atoms with Crippen LogP contribution in [0.25, 0.3) is 0 Å². The van der Waals surface area contributed by atoms with Gasteiger partial charge in [-0.2, -0.15) is 0 Å². The molecule has 1 fully saturated rings. The van der Waals surface area contributed by atoms with Crippen molar-refractivity contribution in [2.24, 2.45) is 10.8 Å². The van der Waals surface area contributed by atoms with Gasteiger partial charge in [-0.25, -0.2) is 0 Å². The van der Waals surface area contributed by atoms with Crippen LogP contribution in [0.5, 0.6) is 0 Å². The molecule has 0 radical (unpaired) electrons. The number of rotatable bonds is 10. The Hall–Kier alpha value is -1.31. The van der Waals surface area contributed by atoms with Crippen LogP contribution < -0.4 is 0 Å². The van der Waals surface area contributed by atoms with Gasteiger partial charge in [-0.15, -0.1) is 0 Å². The zero-order valence-corrected chi connectivity index (χ0v) is 18.5. The zero-order chi connectivity index (χ0) is 20.2. The van der Waals surface area contributed by atoms with E-state index >= 15 is 0 Å². The maximum atomic E-state index is 11.4. The Morgan fingerprint density at radius 1 is 0.963 bits per heavy atom. The summed E-state index contributed by atoms with van der Waals surface area (Å²) in [5, 5.41) is 9.36. The summed E-state index contributed by atoms with van der Waals surface area (Å²) in [5.74, 6) is -0.579. The fraction of sp³-hybridized carbons (Fsp3) is 0.720. The lowest BCUT2D eigenvalue weighted by atomic mass is 9.85. The molecule has 2 rings (SSSR count). The van der Waals surface area contributed by atoms with Crippen LogP contribution in [0.4, 0.5) is 0 Å². The molecule has 27 heavy (non-hydrogen) atoms. The van der Waals surface area contributed by atoms with Crippen molar-refractivity contribution in [1.82, 2.24) is 0 Å². The van der Waals surface area contributed by atoms with Gasteiger partial charge >= 0.3 is 5.97 Å². The molecule has 1 aromatic rings. The van der Waals surface area contributed by atoms with Crippen LogP contribution in [0.15, 0.2) is 6.07 Å². The Morgan fingerprint density at radius 3 is 2.11 bits per heavy atom. The van der Waals surface area contributed by atoms with Crippen molar-refractivity contribution >= 4 is 5.97 Å². The number of hydrogen-bond acceptors (Lipinski definition) is 1. The third kappa shape index (κ3) is 6.09. The van der Waals surface area contributed by atoms with Gasteiger partial charge in [0.2, 0.25) is 0 Å². The fourth-order valence-corrected chi connectivity index (χ4v) is 4.35. The van der Waals surface area contributed by atoms with Crippen LogP contribution in [0.1, 0.15) is 100.0 Å². The lowest BCUT2D eigenvalue weighted by Gasteiger charge is -2.20. The highest BCUT2D eigenvalue weighted by molar-refractivity contribution is 5.77. The van der Waals surface area contributed by atoms with Gasteiger partial charge in [0.05, 0.1) is 5.41 Å². The maximum Gasteiger partial charge on any atom is 0.309 e. The molecule has 0 spiro atoms. The van der Waals surface area contributed by atoms with E-state index in [0.29, 0.717) is 5.41 Å². The summed E-state index contributed by atoms with van der Waals surface area (Å²) >= 11 is 0. The normalized spacial score (nSPS) is 15.8. The lowest BCUT2D eigenvalue weighted by Crippen LogP contribution is -2.14. The maximum absolute atomic E-state index is 11.4. The minimum Gasteiger partial charge on any atom is -0.481 e. The van der Waals surface area contributed by atoms with Crippen molar-refractivity contribution in [1.29, 1.82) is 0 Å². The van der Waals surface area contributed by atoms with Crippen molar-refractivity contribution in [3.05, 3.63) is 33.9 Å². The average Bonchev–Trinajstić information content (AvgIpc) is 3.34. The van der Waals surface area contributed by atoms with Gasteiger partial charge in [-0.3, -0.25) is 4.79 Å². The summed E-state index contributed by atoms with van der Waals surface area (Å²) in [6, 6.07) is 2.35. The molecule has 0 aromatic heterocycles. The first-order valence-electron chi connectivity index (χ1n) is 10.9. The monoisotopic (exact) mass is 372 g/mol. The molecule has 1 aliphatic carbocycles. The van der Waals surface area contributed by atoms with Crippen molar-refractivity contribution in [3.8, 4) is 0 Å². The van der Waals surface area contributed by atoms with Crippen LogP contribution in [0.3, 0.4) is 0 Å². The predicted octanol–water partition coefficient (Wildman–Crippen LogP) is 6.95. The van der Waals surface area contributed by atoms with E-state index in [-0.39, 0.29) is 5.41 Å². The quantitative estimate of drug-likeness (QED) is 0.451. The molecule has 152 valence electrons. The van der Waals surface area contributed by atoms with E-state index < -0.39 is 5.97 Å². The Balaban J connectivity index is 1.97. The van der Waals surface area contributed by atoms with E-state index in [9.17, 15) is 9.90 Å². The first-order chi connectivity index (χ1) is 12.6. The lowest BCUT2D eigenvalue weighted by molar-refractivity contribution is -0.143. The van der Waals surface area contributed by atoms with Crippen LogP contribution in [0.2, 0.25) is 0 Å². The minimum atomic E-state index is -0.579. The summed E-state index contributed by atoms with van der Waals surface area (Å²) in [4.78, 5) is 11.4. The number of benzene rings is 1. The zero-order valence-electron chi connectivity index (χ0n) is 18.5. The minimum absolute atomic E-state index is 0.368. The first kappa shape index (κ1) is 22.0. The van der Waals surface area contributed by atoms with E-state index in [4.69, 9.17) is 0 Å². The van der Waals surface area contributed by atoms with Gasteiger partial charge in [0.25, 0.3) is 0 Å². The number of unbranched alkanes of at least 4 members (excludes halogenated alkanes) is 2. The molecule has 1 aliphatic rings. The van der Waals surface area contributed by atoms with E-state index in [1.165, 1.54) is 42.4 Å². The van der Waals surface area contributed by atoms with Gasteiger partial charge in [-0.05, 0) is 105 Å². The van der Waals surface area contributed by atoms with Crippen LogP contribution >= 0.6 is 0 Å². The molecule has 1 aromatic carbocycles. The smallest absolute Gasteiger partial charge is 0.309 e. The van der Waals surface area contributed by atoms with E-state index in [2.05, 4.69) is 47.6 Å². The third-order valence-electron chi connectivity index (χ3n) is 6.56. The second-order valence-electron chi connectivity index (χ2n) is 10.2. The Kier molecular flexibility index (Phi) is 7.16. The number of hydrogen-bond donors (Lipinski definition) is 1. The van der Waals surface area contributed by atoms with E-state index in [1.54, 1.807) is 11.1 Å². The highest BCUT2D eigenvalue weighted by atomic mass is 16.4. The number of aliphatic carboxylic acids is 1. The number of carbonyl (C=O) groups is 1. The molecule has 1 saturated carbocycles. The van der Waals surface area contributed by atoms with Gasteiger partial charge in [0.15, 0.2) is 0 Å². The van der Waals surface area contributed by atoms with Gasteiger partial charge < -0.3 is 5.11 Å². The summed E-state index contributed by atoms with van der Waals surface area (Å²) in [6.07, 6.45) is 10.8.